The van der Waals surface area contributed by atoms with Crippen molar-refractivity contribution in [3.05, 3.63) is 42.5 Å². The zero-order valence-corrected chi connectivity index (χ0v) is 18.1. The van der Waals surface area contributed by atoms with Gasteiger partial charge in [0.05, 0.1) is 31.9 Å². The Balaban J connectivity index is 1.48. The molecule has 1 aliphatic rings. The molecule has 0 spiro atoms. The van der Waals surface area contributed by atoms with Gasteiger partial charge in [0.2, 0.25) is 0 Å². The quantitative estimate of drug-likeness (QED) is 0.330. The predicted octanol–water partition coefficient (Wildman–Crippen LogP) is 1.86. The van der Waals surface area contributed by atoms with Crippen LogP contribution in [0.25, 0.3) is 10.8 Å². The Morgan fingerprint density at radius 1 is 1.17 bits per heavy atom. The summed E-state index contributed by atoms with van der Waals surface area (Å²) in [6, 6.07) is 14.3. The zero-order valence-electron chi connectivity index (χ0n) is 18.1. The van der Waals surface area contributed by atoms with E-state index >= 15 is 0 Å². The summed E-state index contributed by atoms with van der Waals surface area (Å²) in [6.07, 6.45) is 0. The first kappa shape index (κ1) is 22.3. The second-order valence-electron chi connectivity index (χ2n) is 7.83. The zero-order chi connectivity index (χ0) is 21.2. The Bertz CT molecular complexity index is 814. The van der Waals surface area contributed by atoms with Crippen molar-refractivity contribution < 1.29 is 14.6 Å². The van der Waals surface area contributed by atoms with Gasteiger partial charge in [-0.25, -0.2) is 0 Å². The van der Waals surface area contributed by atoms with Gasteiger partial charge in [0, 0.05) is 31.6 Å². The van der Waals surface area contributed by atoms with E-state index in [0.29, 0.717) is 32.2 Å². The standard InChI is InChI=1S/C23H34N4O3/c1-3-24-22(26-17-23(2,28)18-27-12-15-29-16-13-27)25-11-14-30-21-10-6-8-19-7-4-5-9-20(19)21/h4-10,28H,3,11-18H2,1-2H3,(H2,24,25,26). The van der Waals surface area contributed by atoms with E-state index in [1.54, 1.807) is 0 Å². The van der Waals surface area contributed by atoms with Gasteiger partial charge in [-0.05, 0) is 25.3 Å². The molecule has 1 saturated heterocycles. The van der Waals surface area contributed by atoms with Gasteiger partial charge in [0.15, 0.2) is 5.96 Å². The van der Waals surface area contributed by atoms with Crippen LogP contribution in [0.15, 0.2) is 47.5 Å². The third-order valence-corrected chi connectivity index (χ3v) is 4.99. The van der Waals surface area contributed by atoms with Crippen molar-refractivity contribution in [1.29, 1.82) is 0 Å². The smallest absolute Gasteiger partial charge is 0.191 e. The van der Waals surface area contributed by atoms with Crippen molar-refractivity contribution in [2.75, 3.05) is 59.1 Å². The molecule has 1 aliphatic heterocycles. The van der Waals surface area contributed by atoms with Crippen LogP contribution in [0, 0.1) is 0 Å². The molecule has 7 nitrogen and oxygen atoms in total. The van der Waals surface area contributed by atoms with E-state index in [-0.39, 0.29) is 0 Å². The molecule has 1 fully saturated rings. The highest BCUT2D eigenvalue weighted by molar-refractivity contribution is 5.88. The van der Waals surface area contributed by atoms with E-state index in [1.807, 2.05) is 38.1 Å². The SMILES string of the molecule is CCNC(=NCC(C)(O)CN1CCOCC1)NCCOc1cccc2ccccc12. The van der Waals surface area contributed by atoms with E-state index in [1.165, 1.54) is 5.39 Å². The van der Waals surface area contributed by atoms with Crippen molar-refractivity contribution >= 4 is 16.7 Å². The van der Waals surface area contributed by atoms with Crippen LogP contribution >= 0.6 is 0 Å². The van der Waals surface area contributed by atoms with Crippen molar-refractivity contribution in [3.63, 3.8) is 0 Å². The number of benzene rings is 2. The second-order valence-corrected chi connectivity index (χ2v) is 7.83. The molecule has 0 saturated carbocycles. The maximum absolute atomic E-state index is 10.7. The molecule has 0 aliphatic carbocycles. The number of aliphatic hydroxyl groups is 1. The van der Waals surface area contributed by atoms with Crippen LogP contribution in [0.1, 0.15) is 13.8 Å². The normalized spacial score (nSPS) is 17.5. The number of guanidine groups is 1. The molecular weight excluding hydrogens is 380 g/mol. The van der Waals surface area contributed by atoms with Gasteiger partial charge in [-0.15, -0.1) is 0 Å². The van der Waals surface area contributed by atoms with E-state index in [2.05, 4.69) is 38.7 Å². The lowest BCUT2D eigenvalue weighted by Crippen LogP contribution is -2.48. The van der Waals surface area contributed by atoms with Gasteiger partial charge >= 0.3 is 0 Å². The fraction of sp³-hybridized carbons (Fsp3) is 0.522. The van der Waals surface area contributed by atoms with Gasteiger partial charge in [-0.1, -0.05) is 36.4 Å². The molecule has 0 amide bonds. The minimum atomic E-state index is -0.890. The maximum Gasteiger partial charge on any atom is 0.191 e. The van der Waals surface area contributed by atoms with Crippen LogP contribution in [-0.4, -0.2) is 80.7 Å². The molecule has 0 bridgehead atoms. The molecule has 0 radical (unpaired) electrons. The van der Waals surface area contributed by atoms with Crippen LogP contribution in [0.5, 0.6) is 5.75 Å². The lowest BCUT2D eigenvalue weighted by Gasteiger charge is -2.33. The average molecular weight is 415 g/mol. The molecule has 7 heteroatoms. The first-order valence-electron chi connectivity index (χ1n) is 10.7. The summed E-state index contributed by atoms with van der Waals surface area (Å²) in [6.45, 7) is 9.79. The Kier molecular flexibility index (Phi) is 8.30. The molecular formula is C23H34N4O3. The number of β-amino-alcohol motifs (C(OH)–C–C–N with tert-alkyl or cyclic N) is 1. The summed E-state index contributed by atoms with van der Waals surface area (Å²) in [5.74, 6) is 1.56. The van der Waals surface area contributed by atoms with Crippen molar-refractivity contribution in [3.8, 4) is 5.75 Å². The van der Waals surface area contributed by atoms with Gasteiger partial charge in [0.1, 0.15) is 12.4 Å². The van der Waals surface area contributed by atoms with E-state index in [0.717, 1.165) is 44.0 Å². The molecule has 1 atom stereocenters. The maximum atomic E-state index is 10.7. The summed E-state index contributed by atoms with van der Waals surface area (Å²) in [7, 11) is 0. The lowest BCUT2D eigenvalue weighted by atomic mass is 10.1. The summed E-state index contributed by atoms with van der Waals surface area (Å²) >= 11 is 0. The Labute approximate surface area is 179 Å². The Morgan fingerprint density at radius 2 is 1.93 bits per heavy atom. The molecule has 1 heterocycles. The van der Waals surface area contributed by atoms with E-state index in [4.69, 9.17) is 9.47 Å². The summed E-state index contributed by atoms with van der Waals surface area (Å²) < 4.78 is 11.4. The number of morpholine rings is 1. The van der Waals surface area contributed by atoms with Crippen LogP contribution in [0.4, 0.5) is 0 Å². The number of nitrogens with zero attached hydrogens (tertiary/aromatic N) is 2. The largest absolute Gasteiger partial charge is 0.491 e. The molecule has 2 aromatic carbocycles. The fourth-order valence-electron chi connectivity index (χ4n) is 3.53. The summed E-state index contributed by atoms with van der Waals surface area (Å²) in [5.41, 5.74) is -0.890. The number of nitrogens with one attached hydrogen (secondary N) is 2. The predicted molar refractivity (Wildman–Crippen MR) is 121 cm³/mol. The van der Waals surface area contributed by atoms with Crippen LogP contribution in [-0.2, 0) is 4.74 Å². The first-order valence-corrected chi connectivity index (χ1v) is 10.7. The molecule has 3 rings (SSSR count). The highest BCUT2D eigenvalue weighted by atomic mass is 16.5. The third kappa shape index (κ3) is 6.86. The van der Waals surface area contributed by atoms with Gasteiger partial charge in [0.25, 0.3) is 0 Å². The fourth-order valence-corrected chi connectivity index (χ4v) is 3.53. The Morgan fingerprint density at radius 3 is 2.73 bits per heavy atom. The average Bonchev–Trinajstić information content (AvgIpc) is 2.75. The molecule has 0 aromatic heterocycles. The highest BCUT2D eigenvalue weighted by Gasteiger charge is 2.25. The van der Waals surface area contributed by atoms with Gasteiger partial charge in [-0.3, -0.25) is 9.89 Å². The third-order valence-electron chi connectivity index (χ3n) is 4.99. The van der Waals surface area contributed by atoms with Gasteiger partial charge < -0.3 is 25.2 Å². The molecule has 3 N–H and O–H groups in total. The topological polar surface area (TPSA) is 78.4 Å². The van der Waals surface area contributed by atoms with Gasteiger partial charge in [-0.2, -0.15) is 0 Å². The summed E-state index contributed by atoms with van der Waals surface area (Å²) in [4.78, 5) is 6.80. The Hall–Kier alpha value is -2.35. The molecule has 2 aromatic rings. The van der Waals surface area contributed by atoms with E-state index < -0.39 is 5.60 Å². The van der Waals surface area contributed by atoms with Crippen LogP contribution in [0.2, 0.25) is 0 Å². The highest BCUT2D eigenvalue weighted by Crippen LogP contribution is 2.24. The number of aliphatic imine (C=N–C) groups is 1. The van der Waals surface area contributed by atoms with Crippen LogP contribution in [0.3, 0.4) is 0 Å². The number of hydrogen-bond donors (Lipinski definition) is 3. The molecule has 164 valence electrons. The molecule has 1 unspecified atom stereocenters. The monoisotopic (exact) mass is 414 g/mol. The van der Waals surface area contributed by atoms with Crippen molar-refractivity contribution in [2.45, 2.75) is 19.4 Å². The molecule has 30 heavy (non-hydrogen) atoms. The van der Waals surface area contributed by atoms with Crippen molar-refractivity contribution in [2.24, 2.45) is 4.99 Å². The second kappa shape index (κ2) is 11.2. The first-order chi connectivity index (χ1) is 14.6. The van der Waals surface area contributed by atoms with Crippen molar-refractivity contribution in [1.82, 2.24) is 15.5 Å². The number of ether oxygens (including phenoxy) is 2. The summed E-state index contributed by atoms with van der Waals surface area (Å²) in [5, 5.41) is 19.5. The lowest BCUT2D eigenvalue weighted by molar-refractivity contribution is -0.0179. The number of hydrogen-bond acceptors (Lipinski definition) is 5. The van der Waals surface area contributed by atoms with Crippen LogP contribution < -0.4 is 15.4 Å². The van der Waals surface area contributed by atoms with E-state index in [9.17, 15) is 5.11 Å². The number of rotatable bonds is 9. The minimum absolute atomic E-state index is 0.323. The number of fused-ring (bicyclic) bond motifs is 1. The minimum Gasteiger partial charge on any atom is -0.491 e.